The summed E-state index contributed by atoms with van der Waals surface area (Å²) in [6.45, 7) is 8.12. The van der Waals surface area contributed by atoms with Crippen molar-refractivity contribution in [1.82, 2.24) is 0 Å². The summed E-state index contributed by atoms with van der Waals surface area (Å²) in [5.41, 5.74) is 7.26. The molecule has 0 fully saturated rings. The number of hydrogen-bond acceptors (Lipinski definition) is 2. The lowest BCUT2D eigenvalue weighted by molar-refractivity contribution is 1.05. The summed E-state index contributed by atoms with van der Waals surface area (Å²) in [7, 11) is 0. The highest BCUT2D eigenvalue weighted by Gasteiger charge is 1.92. The van der Waals surface area contributed by atoms with Gasteiger partial charge in [0.1, 0.15) is 0 Å². The fourth-order valence-electron chi connectivity index (χ4n) is 0.659. The lowest BCUT2D eigenvalue weighted by atomic mass is 10.2. The molecule has 9 heavy (non-hydrogen) atoms. The van der Waals surface area contributed by atoms with Gasteiger partial charge in [0.25, 0.3) is 0 Å². The molecule has 2 heteroatoms. The first-order valence-electron chi connectivity index (χ1n) is 3.11. The van der Waals surface area contributed by atoms with Gasteiger partial charge in [-0.1, -0.05) is 13.5 Å². The Hall–Kier alpha value is -0.630. The second kappa shape index (κ2) is 4.27. The molecule has 0 radical (unpaired) electrons. The van der Waals surface area contributed by atoms with Crippen LogP contribution in [0.5, 0.6) is 0 Å². The fraction of sp³-hybridized carbons (Fsp3) is 0.571. The van der Waals surface area contributed by atoms with Crippen LogP contribution in [0.2, 0.25) is 0 Å². The van der Waals surface area contributed by atoms with Gasteiger partial charge in [-0.15, -0.1) is 0 Å². The van der Waals surface area contributed by atoms with Crippen molar-refractivity contribution in [1.29, 1.82) is 0 Å². The van der Waals surface area contributed by atoms with E-state index in [4.69, 9.17) is 5.73 Å². The molecule has 2 nitrogen and oxygen atoms in total. The van der Waals surface area contributed by atoms with Crippen LogP contribution in [0.1, 0.15) is 20.3 Å². The van der Waals surface area contributed by atoms with Crippen molar-refractivity contribution >= 4 is 5.71 Å². The van der Waals surface area contributed by atoms with E-state index in [0.717, 1.165) is 17.7 Å². The van der Waals surface area contributed by atoms with E-state index in [2.05, 4.69) is 11.6 Å². The third-order valence-electron chi connectivity index (χ3n) is 1.11. The first-order valence-corrected chi connectivity index (χ1v) is 3.11. The topological polar surface area (TPSA) is 38.4 Å². The Morgan fingerprint density at radius 2 is 2.22 bits per heavy atom. The maximum absolute atomic E-state index is 5.21. The third-order valence-corrected chi connectivity index (χ3v) is 1.11. The summed E-state index contributed by atoms with van der Waals surface area (Å²) in [6, 6.07) is 0. The van der Waals surface area contributed by atoms with Crippen molar-refractivity contribution in [3.8, 4) is 0 Å². The summed E-state index contributed by atoms with van der Waals surface area (Å²) in [5.74, 6) is 0. The minimum Gasteiger partial charge on any atom is -0.312 e. The second-order valence-corrected chi connectivity index (χ2v) is 1.92. The van der Waals surface area contributed by atoms with Gasteiger partial charge in [-0.3, -0.25) is 4.99 Å². The van der Waals surface area contributed by atoms with E-state index in [1.165, 1.54) is 0 Å². The molecule has 0 aromatic rings. The molecule has 0 aromatic carbocycles. The standard InChI is InChI=1S/C7H14N2/c1-4-7(6(2)3)9-5-8/h2,4-5,8H2,1,3H3. The highest BCUT2D eigenvalue weighted by molar-refractivity contribution is 5.98. The molecule has 0 rings (SSSR count). The second-order valence-electron chi connectivity index (χ2n) is 1.92. The third kappa shape index (κ3) is 3.03. The summed E-state index contributed by atoms with van der Waals surface area (Å²) >= 11 is 0. The molecular weight excluding hydrogens is 112 g/mol. The van der Waals surface area contributed by atoms with E-state index >= 15 is 0 Å². The number of allylic oxidation sites excluding steroid dienone is 1. The van der Waals surface area contributed by atoms with Crippen molar-refractivity contribution < 1.29 is 0 Å². The van der Waals surface area contributed by atoms with Gasteiger partial charge in [-0.2, -0.15) is 0 Å². The van der Waals surface area contributed by atoms with Crippen LogP contribution >= 0.6 is 0 Å². The smallest absolute Gasteiger partial charge is 0.0862 e. The predicted molar refractivity (Wildman–Crippen MR) is 41.6 cm³/mol. The van der Waals surface area contributed by atoms with Crippen LogP contribution in [0.25, 0.3) is 0 Å². The van der Waals surface area contributed by atoms with Gasteiger partial charge >= 0.3 is 0 Å². The number of aliphatic imine (C=N–C) groups is 1. The molecule has 0 spiro atoms. The van der Waals surface area contributed by atoms with Crippen LogP contribution in [0.15, 0.2) is 17.1 Å². The van der Waals surface area contributed by atoms with Gasteiger partial charge in [0.15, 0.2) is 0 Å². The number of rotatable bonds is 3. The van der Waals surface area contributed by atoms with E-state index in [-0.39, 0.29) is 0 Å². The average Bonchev–Trinajstić information content (AvgIpc) is 1.82. The van der Waals surface area contributed by atoms with Crippen molar-refractivity contribution in [2.45, 2.75) is 20.3 Å². The van der Waals surface area contributed by atoms with Gasteiger partial charge in [0, 0.05) is 5.71 Å². The molecular formula is C7H14N2. The van der Waals surface area contributed by atoms with E-state index < -0.39 is 0 Å². The van der Waals surface area contributed by atoms with Gasteiger partial charge in [0.05, 0.1) is 6.67 Å². The molecule has 0 heterocycles. The monoisotopic (exact) mass is 126 g/mol. The first kappa shape index (κ1) is 8.37. The molecule has 0 unspecified atom stereocenters. The summed E-state index contributed by atoms with van der Waals surface area (Å²) in [6.07, 6.45) is 0.923. The van der Waals surface area contributed by atoms with Crippen LogP contribution < -0.4 is 5.73 Å². The van der Waals surface area contributed by atoms with E-state index in [1.54, 1.807) is 0 Å². The van der Waals surface area contributed by atoms with Crippen molar-refractivity contribution in [2.75, 3.05) is 6.67 Å². The Labute approximate surface area is 56.5 Å². The molecule has 0 amide bonds. The molecule has 0 saturated carbocycles. The molecule has 0 aliphatic carbocycles. The Kier molecular flexibility index (Phi) is 3.97. The Morgan fingerprint density at radius 1 is 1.67 bits per heavy atom. The highest BCUT2D eigenvalue weighted by Crippen LogP contribution is 1.96. The summed E-state index contributed by atoms with van der Waals surface area (Å²) in [4.78, 5) is 4.04. The molecule has 2 N–H and O–H groups in total. The lowest BCUT2D eigenvalue weighted by Gasteiger charge is -1.99. The summed E-state index contributed by atoms with van der Waals surface area (Å²) < 4.78 is 0. The van der Waals surface area contributed by atoms with Gasteiger partial charge in [0.2, 0.25) is 0 Å². The molecule has 0 aliphatic heterocycles. The highest BCUT2D eigenvalue weighted by atomic mass is 14.9. The predicted octanol–water partition coefficient (Wildman–Crippen LogP) is 1.33. The molecule has 0 bridgehead atoms. The summed E-state index contributed by atoms with van der Waals surface area (Å²) in [5, 5.41) is 0. The van der Waals surface area contributed by atoms with E-state index in [0.29, 0.717) is 6.67 Å². The van der Waals surface area contributed by atoms with Crippen LogP contribution in [-0.2, 0) is 0 Å². The molecule has 0 atom stereocenters. The Balaban J connectivity index is 3.98. The molecule has 52 valence electrons. The number of nitrogens with two attached hydrogens (primary N) is 1. The number of nitrogens with zero attached hydrogens (tertiary/aromatic N) is 1. The Bertz CT molecular complexity index is 125. The molecule has 0 aromatic heterocycles. The minimum absolute atomic E-state index is 0.371. The van der Waals surface area contributed by atoms with Crippen LogP contribution in [0.4, 0.5) is 0 Å². The van der Waals surface area contributed by atoms with Gasteiger partial charge in [-0.25, -0.2) is 0 Å². The number of hydrogen-bond donors (Lipinski definition) is 1. The zero-order chi connectivity index (χ0) is 7.28. The maximum Gasteiger partial charge on any atom is 0.0862 e. The molecule has 0 aliphatic rings. The maximum atomic E-state index is 5.21. The quantitative estimate of drug-likeness (QED) is 0.569. The lowest BCUT2D eigenvalue weighted by Crippen LogP contribution is -2.03. The normalized spacial score (nSPS) is 11.7. The van der Waals surface area contributed by atoms with E-state index in [1.807, 2.05) is 13.8 Å². The Morgan fingerprint density at radius 3 is 2.33 bits per heavy atom. The van der Waals surface area contributed by atoms with Crippen LogP contribution in [0, 0.1) is 0 Å². The van der Waals surface area contributed by atoms with Gasteiger partial charge in [-0.05, 0) is 18.9 Å². The van der Waals surface area contributed by atoms with Gasteiger partial charge < -0.3 is 5.73 Å². The zero-order valence-corrected chi connectivity index (χ0v) is 6.15. The largest absolute Gasteiger partial charge is 0.312 e. The first-order chi connectivity index (χ1) is 4.22. The molecule has 0 saturated heterocycles. The van der Waals surface area contributed by atoms with Crippen molar-refractivity contribution in [3.05, 3.63) is 12.2 Å². The van der Waals surface area contributed by atoms with Crippen LogP contribution in [0.3, 0.4) is 0 Å². The average molecular weight is 126 g/mol. The van der Waals surface area contributed by atoms with Crippen molar-refractivity contribution in [3.63, 3.8) is 0 Å². The fourth-order valence-corrected chi connectivity index (χ4v) is 0.659. The van der Waals surface area contributed by atoms with Crippen LogP contribution in [-0.4, -0.2) is 12.4 Å². The zero-order valence-electron chi connectivity index (χ0n) is 6.15. The minimum atomic E-state index is 0.371. The van der Waals surface area contributed by atoms with Crippen molar-refractivity contribution in [2.24, 2.45) is 10.7 Å². The SMILES string of the molecule is C=C(C)C(CC)=NCN. The van der Waals surface area contributed by atoms with E-state index in [9.17, 15) is 0 Å².